The fourth-order valence-corrected chi connectivity index (χ4v) is 6.07. The lowest BCUT2D eigenvalue weighted by Crippen LogP contribution is -2.33. The van der Waals surface area contributed by atoms with Crippen LogP contribution in [0.2, 0.25) is 0 Å². The van der Waals surface area contributed by atoms with Crippen LogP contribution in [0, 0.1) is 0 Å². The third-order valence-corrected chi connectivity index (χ3v) is 7.90. The molecule has 1 N–H and O–H groups in total. The van der Waals surface area contributed by atoms with Crippen molar-refractivity contribution in [2.75, 3.05) is 20.8 Å². The van der Waals surface area contributed by atoms with Gasteiger partial charge >= 0.3 is 0 Å². The van der Waals surface area contributed by atoms with Gasteiger partial charge in [-0.2, -0.15) is 0 Å². The Bertz CT molecular complexity index is 1080. The second kappa shape index (κ2) is 9.50. The number of sulfonamides is 1. The van der Waals surface area contributed by atoms with E-state index in [-0.39, 0.29) is 22.9 Å². The molecule has 1 heterocycles. The largest absolute Gasteiger partial charge is 0.497 e. The summed E-state index contributed by atoms with van der Waals surface area (Å²) >= 11 is 0. The Morgan fingerprint density at radius 1 is 1.00 bits per heavy atom. The third kappa shape index (κ3) is 4.61. The number of amides is 1. The van der Waals surface area contributed by atoms with Gasteiger partial charge in [0.05, 0.1) is 25.2 Å². The van der Waals surface area contributed by atoms with Crippen molar-refractivity contribution >= 4 is 15.9 Å². The summed E-state index contributed by atoms with van der Waals surface area (Å²) < 4.78 is 39.3. The van der Waals surface area contributed by atoms with Gasteiger partial charge in [0.2, 0.25) is 10.0 Å². The molecule has 7 nitrogen and oxygen atoms in total. The Kier molecular flexibility index (Phi) is 6.71. The maximum atomic E-state index is 13.4. The summed E-state index contributed by atoms with van der Waals surface area (Å²) in [5.41, 5.74) is 1.30. The van der Waals surface area contributed by atoms with E-state index in [9.17, 15) is 13.2 Å². The van der Waals surface area contributed by atoms with Crippen molar-refractivity contribution in [3.05, 3.63) is 53.6 Å². The lowest BCUT2D eigenvalue weighted by Gasteiger charge is -2.27. The monoisotopic (exact) mass is 458 g/mol. The van der Waals surface area contributed by atoms with E-state index >= 15 is 0 Å². The van der Waals surface area contributed by atoms with Crippen molar-refractivity contribution < 1.29 is 22.7 Å². The van der Waals surface area contributed by atoms with E-state index in [1.54, 1.807) is 37.3 Å². The smallest absolute Gasteiger partial charge is 0.254 e. The van der Waals surface area contributed by atoms with Crippen LogP contribution in [0.25, 0.3) is 0 Å². The minimum atomic E-state index is -3.66. The number of likely N-dealkylation sites (tertiary alicyclic amines) is 1. The second-order valence-electron chi connectivity index (χ2n) is 8.39. The summed E-state index contributed by atoms with van der Waals surface area (Å²) in [6, 6.07) is 11.8. The van der Waals surface area contributed by atoms with E-state index in [2.05, 4.69) is 4.72 Å². The average Bonchev–Trinajstić information content (AvgIpc) is 3.50. The first-order chi connectivity index (χ1) is 15.4. The summed E-state index contributed by atoms with van der Waals surface area (Å²) in [6.07, 6.45) is 5.48. The highest BCUT2D eigenvalue weighted by Crippen LogP contribution is 2.39. The standard InChI is InChI=1S/C24H30N2O5S/c1-30-19-12-13-21(23(16-19)31-2)22-11-6-14-26(22)24(27)17-7-5-10-20(15-17)32(28,29)25-18-8-3-4-9-18/h5,7,10,12-13,15-16,18,22,25H,3-4,6,8-9,11,14H2,1-2H3. The second-order valence-corrected chi connectivity index (χ2v) is 10.1. The molecule has 1 aliphatic carbocycles. The van der Waals surface area contributed by atoms with Gasteiger partial charge in [-0.1, -0.05) is 18.9 Å². The molecule has 1 saturated carbocycles. The zero-order chi connectivity index (χ0) is 22.7. The Morgan fingerprint density at radius 2 is 1.78 bits per heavy atom. The summed E-state index contributed by atoms with van der Waals surface area (Å²) in [5, 5.41) is 0. The summed E-state index contributed by atoms with van der Waals surface area (Å²) in [5.74, 6) is 1.18. The molecule has 1 atom stereocenters. The number of hydrogen-bond acceptors (Lipinski definition) is 5. The van der Waals surface area contributed by atoms with Gasteiger partial charge in [-0.15, -0.1) is 0 Å². The number of ether oxygens (including phenoxy) is 2. The van der Waals surface area contributed by atoms with Crippen LogP contribution >= 0.6 is 0 Å². The average molecular weight is 459 g/mol. The van der Waals surface area contributed by atoms with E-state index in [0.29, 0.717) is 23.6 Å². The first kappa shape index (κ1) is 22.6. The molecule has 0 radical (unpaired) electrons. The SMILES string of the molecule is COc1ccc(C2CCCN2C(=O)c2cccc(S(=O)(=O)NC3CCCC3)c2)c(OC)c1. The number of nitrogens with one attached hydrogen (secondary N) is 1. The number of nitrogens with zero attached hydrogens (tertiary/aromatic N) is 1. The van der Waals surface area contributed by atoms with Crippen molar-refractivity contribution in [2.45, 2.75) is 55.5 Å². The molecule has 32 heavy (non-hydrogen) atoms. The van der Waals surface area contributed by atoms with Crippen molar-refractivity contribution in [3.63, 3.8) is 0 Å². The number of carbonyl (C=O) groups is 1. The van der Waals surface area contributed by atoms with Crippen LogP contribution in [0.1, 0.15) is 60.5 Å². The highest BCUT2D eigenvalue weighted by Gasteiger charge is 2.33. The number of methoxy groups -OCH3 is 2. The van der Waals surface area contributed by atoms with Gasteiger partial charge in [0.15, 0.2) is 0 Å². The molecule has 0 aromatic heterocycles. The molecular formula is C24H30N2O5S. The molecule has 2 aromatic rings. The molecule has 1 unspecified atom stereocenters. The first-order valence-corrected chi connectivity index (χ1v) is 12.6. The highest BCUT2D eigenvalue weighted by atomic mass is 32.2. The molecular weight excluding hydrogens is 428 g/mol. The molecule has 0 spiro atoms. The molecule has 1 aliphatic heterocycles. The highest BCUT2D eigenvalue weighted by molar-refractivity contribution is 7.89. The molecule has 2 aromatic carbocycles. The van der Waals surface area contributed by atoms with Crippen molar-refractivity contribution in [3.8, 4) is 11.5 Å². The lowest BCUT2D eigenvalue weighted by molar-refractivity contribution is 0.0734. The quantitative estimate of drug-likeness (QED) is 0.680. The van der Waals surface area contributed by atoms with E-state index in [1.165, 1.54) is 6.07 Å². The fourth-order valence-electron chi connectivity index (χ4n) is 4.72. The molecule has 1 amide bonds. The van der Waals surface area contributed by atoms with Crippen LogP contribution in [-0.4, -0.2) is 46.0 Å². The van der Waals surface area contributed by atoms with Gasteiger partial charge in [-0.3, -0.25) is 4.79 Å². The fraction of sp³-hybridized carbons (Fsp3) is 0.458. The van der Waals surface area contributed by atoms with Gasteiger partial charge in [-0.25, -0.2) is 13.1 Å². The summed E-state index contributed by atoms with van der Waals surface area (Å²) in [7, 11) is -0.460. The lowest BCUT2D eigenvalue weighted by atomic mass is 10.0. The molecule has 2 aliphatic rings. The maximum absolute atomic E-state index is 13.4. The van der Waals surface area contributed by atoms with Crippen LogP contribution in [-0.2, 0) is 10.0 Å². The number of hydrogen-bond donors (Lipinski definition) is 1. The molecule has 8 heteroatoms. The van der Waals surface area contributed by atoms with E-state index < -0.39 is 10.0 Å². The van der Waals surface area contributed by atoms with Crippen molar-refractivity contribution in [1.29, 1.82) is 0 Å². The van der Waals surface area contributed by atoms with Gasteiger partial charge < -0.3 is 14.4 Å². The maximum Gasteiger partial charge on any atom is 0.254 e. The minimum absolute atomic E-state index is 0.0233. The van der Waals surface area contributed by atoms with E-state index in [0.717, 1.165) is 44.1 Å². The summed E-state index contributed by atoms with van der Waals surface area (Å²) in [6.45, 7) is 0.607. The van der Waals surface area contributed by atoms with Crippen LogP contribution < -0.4 is 14.2 Å². The predicted octanol–water partition coefficient (Wildman–Crippen LogP) is 3.90. The third-order valence-electron chi connectivity index (χ3n) is 6.38. The number of benzene rings is 2. The molecule has 0 bridgehead atoms. The number of rotatable bonds is 7. The Balaban J connectivity index is 1.58. The van der Waals surface area contributed by atoms with E-state index in [4.69, 9.17) is 9.47 Å². The van der Waals surface area contributed by atoms with Gasteiger partial charge in [0.1, 0.15) is 11.5 Å². The van der Waals surface area contributed by atoms with Crippen molar-refractivity contribution in [1.82, 2.24) is 9.62 Å². The normalized spacial score (nSPS) is 19.3. The van der Waals surface area contributed by atoms with Crippen LogP contribution in [0.15, 0.2) is 47.4 Å². The van der Waals surface area contributed by atoms with Crippen LogP contribution in [0.5, 0.6) is 11.5 Å². The predicted molar refractivity (Wildman–Crippen MR) is 122 cm³/mol. The van der Waals surface area contributed by atoms with Gasteiger partial charge in [0, 0.05) is 29.8 Å². The minimum Gasteiger partial charge on any atom is -0.497 e. The zero-order valence-electron chi connectivity index (χ0n) is 18.5. The van der Waals surface area contributed by atoms with E-state index in [1.807, 2.05) is 18.2 Å². The molecule has 4 rings (SSSR count). The molecule has 2 fully saturated rings. The van der Waals surface area contributed by atoms with Gasteiger partial charge in [-0.05, 0) is 56.0 Å². The summed E-state index contributed by atoms with van der Waals surface area (Å²) in [4.78, 5) is 15.4. The Labute approximate surface area is 189 Å². The Morgan fingerprint density at radius 3 is 2.50 bits per heavy atom. The molecule has 1 saturated heterocycles. The van der Waals surface area contributed by atoms with Crippen molar-refractivity contribution in [2.24, 2.45) is 0 Å². The van der Waals surface area contributed by atoms with Gasteiger partial charge in [0.25, 0.3) is 5.91 Å². The topological polar surface area (TPSA) is 84.9 Å². The zero-order valence-corrected chi connectivity index (χ0v) is 19.4. The Hall–Kier alpha value is -2.58. The number of carbonyl (C=O) groups excluding carboxylic acids is 1. The first-order valence-electron chi connectivity index (χ1n) is 11.1. The molecule has 172 valence electrons. The van der Waals surface area contributed by atoms with Crippen LogP contribution in [0.3, 0.4) is 0 Å². The van der Waals surface area contributed by atoms with Crippen LogP contribution in [0.4, 0.5) is 0 Å².